The largest absolute Gasteiger partial charge is 0.461 e. The molecule has 1 amide bonds. The van der Waals surface area contributed by atoms with Crippen LogP contribution in [0.5, 0.6) is 0 Å². The van der Waals surface area contributed by atoms with E-state index in [0.717, 1.165) is 5.76 Å². The Morgan fingerprint density at radius 3 is 2.59 bits per heavy atom. The molecule has 2 heterocycles. The molecule has 0 saturated carbocycles. The number of carbonyl (C=O) groups is 2. The Labute approximate surface area is 129 Å². The van der Waals surface area contributed by atoms with E-state index in [-0.39, 0.29) is 24.6 Å². The number of aryl methyl sites for hydroxylation is 1. The minimum atomic E-state index is -0.463. The SMILES string of the molecule is CCOC(=O)c1cc2oc(C)cc2n1CC(=O)NC(C)(C)C. The highest BCUT2D eigenvalue weighted by Gasteiger charge is 2.22. The van der Waals surface area contributed by atoms with Gasteiger partial charge in [-0.15, -0.1) is 0 Å². The van der Waals surface area contributed by atoms with Crippen molar-refractivity contribution in [2.45, 2.75) is 46.7 Å². The molecule has 0 aliphatic heterocycles. The predicted molar refractivity (Wildman–Crippen MR) is 82.8 cm³/mol. The first-order chi connectivity index (χ1) is 10.2. The van der Waals surface area contributed by atoms with E-state index < -0.39 is 5.97 Å². The number of rotatable bonds is 4. The summed E-state index contributed by atoms with van der Waals surface area (Å²) in [5.74, 6) is 0.0925. The van der Waals surface area contributed by atoms with Crippen molar-refractivity contribution in [2.75, 3.05) is 6.61 Å². The van der Waals surface area contributed by atoms with Crippen LogP contribution in [0.2, 0.25) is 0 Å². The van der Waals surface area contributed by atoms with Gasteiger partial charge >= 0.3 is 5.97 Å². The summed E-state index contributed by atoms with van der Waals surface area (Å²) in [6.07, 6.45) is 0. The van der Waals surface area contributed by atoms with Crippen LogP contribution in [0, 0.1) is 6.92 Å². The maximum atomic E-state index is 12.2. The molecular formula is C16H22N2O4. The molecule has 2 rings (SSSR count). The van der Waals surface area contributed by atoms with Gasteiger partial charge in [0.2, 0.25) is 5.91 Å². The Bertz CT molecular complexity index is 704. The monoisotopic (exact) mass is 306 g/mol. The Kier molecular flexibility index (Phi) is 4.30. The van der Waals surface area contributed by atoms with Gasteiger partial charge in [-0.25, -0.2) is 4.79 Å². The molecule has 0 fully saturated rings. The van der Waals surface area contributed by atoms with Crippen LogP contribution in [0.3, 0.4) is 0 Å². The zero-order valence-corrected chi connectivity index (χ0v) is 13.6. The number of ether oxygens (including phenoxy) is 1. The lowest BCUT2D eigenvalue weighted by Gasteiger charge is -2.21. The summed E-state index contributed by atoms with van der Waals surface area (Å²) in [4.78, 5) is 24.3. The fourth-order valence-electron chi connectivity index (χ4n) is 2.31. The van der Waals surface area contributed by atoms with E-state index in [2.05, 4.69) is 5.32 Å². The molecule has 2 aromatic heterocycles. The molecule has 0 radical (unpaired) electrons. The van der Waals surface area contributed by atoms with Crippen LogP contribution in [0.4, 0.5) is 0 Å². The van der Waals surface area contributed by atoms with Crippen molar-refractivity contribution < 1.29 is 18.7 Å². The third kappa shape index (κ3) is 3.50. The molecule has 120 valence electrons. The Hall–Kier alpha value is -2.24. The fourth-order valence-corrected chi connectivity index (χ4v) is 2.31. The number of furan rings is 1. The molecule has 1 N–H and O–H groups in total. The van der Waals surface area contributed by atoms with Gasteiger partial charge < -0.3 is 19.0 Å². The van der Waals surface area contributed by atoms with E-state index in [1.54, 1.807) is 17.6 Å². The summed E-state index contributed by atoms with van der Waals surface area (Å²) in [6, 6.07) is 3.42. The average molecular weight is 306 g/mol. The summed E-state index contributed by atoms with van der Waals surface area (Å²) in [6.45, 7) is 9.60. The molecule has 0 bridgehead atoms. The van der Waals surface area contributed by atoms with Crippen molar-refractivity contribution in [1.29, 1.82) is 0 Å². The van der Waals surface area contributed by atoms with E-state index >= 15 is 0 Å². The normalized spacial score (nSPS) is 11.7. The summed E-state index contributed by atoms with van der Waals surface area (Å²) in [5.41, 5.74) is 1.27. The van der Waals surface area contributed by atoms with E-state index in [1.165, 1.54) is 0 Å². The number of nitrogens with zero attached hydrogens (tertiary/aromatic N) is 1. The van der Waals surface area contributed by atoms with Gasteiger partial charge in [0.05, 0.1) is 12.1 Å². The van der Waals surface area contributed by atoms with E-state index in [1.807, 2.05) is 33.8 Å². The maximum Gasteiger partial charge on any atom is 0.355 e. The number of hydrogen-bond donors (Lipinski definition) is 1. The Morgan fingerprint density at radius 1 is 1.32 bits per heavy atom. The van der Waals surface area contributed by atoms with Crippen molar-refractivity contribution in [3.05, 3.63) is 23.6 Å². The molecule has 6 nitrogen and oxygen atoms in total. The zero-order valence-electron chi connectivity index (χ0n) is 13.6. The van der Waals surface area contributed by atoms with Gasteiger partial charge in [0.15, 0.2) is 5.58 Å². The lowest BCUT2D eigenvalue weighted by atomic mass is 10.1. The molecule has 0 spiro atoms. The third-order valence-electron chi connectivity index (χ3n) is 3.01. The van der Waals surface area contributed by atoms with Crippen molar-refractivity contribution in [3.63, 3.8) is 0 Å². The number of esters is 1. The first-order valence-electron chi connectivity index (χ1n) is 7.29. The molecule has 6 heteroatoms. The highest BCUT2D eigenvalue weighted by atomic mass is 16.5. The van der Waals surface area contributed by atoms with Crippen molar-refractivity contribution in [1.82, 2.24) is 9.88 Å². The fraction of sp³-hybridized carbons (Fsp3) is 0.500. The molecule has 0 atom stereocenters. The maximum absolute atomic E-state index is 12.2. The van der Waals surface area contributed by atoms with Crippen LogP contribution in [-0.4, -0.2) is 28.6 Å². The van der Waals surface area contributed by atoms with Crippen LogP contribution in [0.15, 0.2) is 16.5 Å². The molecule has 0 saturated heterocycles. The standard InChI is InChI=1S/C16H22N2O4/c1-6-21-15(20)12-8-13-11(7-10(2)22-13)18(12)9-14(19)17-16(3,4)5/h7-8H,6,9H2,1-5H3,(H,17,19). The van der Waals surface area contributed by atoms with Gasteiger partial charge in [0.1, 0.15) is 18.0 Å². The molecule has 0 aliphatic rings. The number of hydrogen-bond acceptors (Lipinski definition) is 4. The van der Waals surface area contributed by atoms with Crippen LogP contribution >= 0.6 is 0 Å². The molecule has 22 heavy (non-hydrogen) atoms. The Balaban J connectivity index is 2.38. The summed E-state index contributed by atoms with van der Waals surface area (Å²) < 4.78 is 12.2. The minimum Gasteiger partial charge on any atom is -0.461 e. The lowest BCUT2D eigenvalue weighted by Crippen LogP contribution is -2.42. The van der Waals surface area contributed by atoms with Crippen molar-refractivity contribution in [3.8, 4) is 0 Å². The topological polar surface area (TPSA) is 73.5 Å². The first-order valence-corrected chi connectivity index (χ1v) is 7.29. The number of fused-ring (bicyclic) bond motifs is 1. The zero-order chi connectivity index (χ0) is 16.5. The van der Waals surface area contributed by atoms with Gasteiger partial charge in [-0.3, -0.25) is 4.79 Å². The third-order valence-corrected chi connectivity index (χ3v) is 3.01. The second-order valence-electron chi connectivity index (χ2n) is 6.24. The summed E-state index contributed by atoms with van der Waals surface area (Å²) >= 11 is 0. The van der Waals surface area contributed by atoms with Gasteiger partial charge in [-0.05, 0) is 34.6 Å². The lowest BCUT2D eigenvalue weighted by molar-refractivity contribution is -0.123. The average Bonchev–Trinajstić information content (AvgIpc) is 2.85. The molecule has 2 aromatic rings. The quantitative estimate of drug-likeness (QED) is 0.881. The van der Waals surface area contributed by atoms with Crippen LogP contribution in [-0.2, 0) is 16.1 Å². The van der Waals surface area contributed by atoms with Crippen LogP contribution < -0.4 is 5.32 Å². The van der Waals surface area contributed by atoms with Crippen molar-refractivity contribution in [2.24, 2.45) is 0 Å². The number of carbonyl (C=O) groups excluding carboxylic acids is 2. The van der Waals surface area contributed by atoms with E-state index in [4.69, 9.17) is 9.15 Å². The van der Waals surface area contributed by atoms with Crippen molar-refractivity contribution >= 4 is 23.0 Å². The van der Waals surface area contributed by atoms with E-state index in [0.29, 0.717) is 16.8 Å². The summed E-state index contributed by atoms with van der Waals surface area (Å²) in [5, 5.41) is 2.88. The predicted octanol–water partition coefficient (Wildman–Crippen LogP) is 2.63. The number of aromatic nitrogens is 1. The van der Waals surface area contributed by atoms with Crippen LogP contribution in [0.1, 0.15) is 43.9 Å². The molecular weight excluding hydrogens is 284 g/mol. The highest BCUT2D eigenvalue weighted by molar-refractivity contribution is 5.95. The molecule has 0 aromatic carbocycles. The second-order valence-corrected chi connectivity index (χ2v) is 6.24. The number of nitrogens with one attached hydrogen (secondary N) is 1. The van der Waals surface area contributed by atoms with Gasteiger partial charge in [-0.2, -0.15) is 0 Å². The minimum absolute atomic E-state index is 0.0356. The first kappa shape index (κ1) is 16.1. The Morgan fingerprint density at radius 2 is 2.00 bits per heavy atom. The van der Waals surface area contributed by atoms with Gasteiger partial charge in [0.25, 0.3) is 0 Å². The number of amides is 1. The van der Waals surface area contributed by atoms with Gasteiger partial charge in [-0.1, -0.05) is 0 Å². The van der Waals surface area contributed by atoms with Crippen LogP contribution in [0.25, 0.3) is 11.1 Å². The summed E-state index contributed by atoms with van der Waals surface area (Å²) in [7, 11) is 0. The highest BCUT2D eigenvalue weighted by Crippen LogP contribution is 2.24. The van der Waals surface area contributed by atoms with E-state index in [9.17, 15) is 9.59 Å². The van der Waals surface area contributed by atoms with Gasteiger partial charge in [0, 0.05) is 17.7 Å². The smallest absolute Gasteiger partial charge is 0.355 e. The molecule has 0 aliphatic carbocycles. The molecule has 0 unspecified atom stereocenters. The second kappa shape index (κ2) is 5.87.